The Morgan fingerprint density at radius 1 is 1.22 bits per heavy atom. The molecular formula is C20H23FN6. The summed E-state index contributed by atoms with van der Waals surface area (Å²) in [6, 6.07) is 6.88. The van der Waals surface area contributed by atoms with Gasteiger partial charge in [0.1, 0.15) is 11.9 Å². The average Bonchev–Trinajstić information content (AvgIpc) is 3.26. The van der Waals surface area contributed by atoms with Crippen molar-refractivity contribution in [3.63, 3.8) is 0 Å². The van der Waals surface area contributed by atoms with Gasteiger partial charge >= 0.3 is 0 Å². The first-order valence-electron chi connectivity index (χ1n) is 9.41. The second-order valence-corrected chi connectivity index (χ2v) is 7.72. The molecule has 4 heterocycles. The molecule has 6 nitrogen and oxygen atoms in total. The third-order valence-electron chi connectivity index (χ3n) is 5.97. The molecule has 0 bridgehead atoms. The standard InChI is InChI=1S/C20H23FN6/c1-20(6-9-22-10-7-20)27-15-5-8-23-19(15)24-12-17(27)18-14-4-3-13(21)11-16(14)26(2)25-18/h3-5,8,11-12,17,22-23H,6-7,9-10H2,1-2H3. The van der Waals surface area contributed by atoms with E-state index in [-0.39, 0.29) is 17.4 Å². The van der Waals surface area contributed by atoms with Gasteiger partial charge < -0.3 is 15.2 Å². The minimum atomic E-state index is -0.246. The summed E-state index contributed by atoms with van der Waals surface area (Å²) in [5.74, 6) is 0.641. The summed E-state index contributed by atoms with van der Waals surface area (Å²) >= 11 is 0. The van der Waals surface area contributed by atoms with Gasteiger partial charge in [0.15, 0.2) is 5.82 Å². The molecule has 1 fully saturated rings. The van der Waals surface area contributed by atoms with Gasteiger partial charge in [-0.2, -0.15) is 5.10 Å². The Kier molecular flexibility index (Phi) is 3.62. The monoisotopic (exact) mass is 366 g/mol. The molecule has 0 radical (unpaired) electrons. The second kappa shape index (κ2) is 5.92. The molecule has 1 aromatic carbocycles. The van der Waals surface area contributed by atoms with Crippen molar-refractivity contribution in [3.8, 4) is 0 Å². The van der Waals surface area contributed by atoms with Gasteiger partial charge in [0.05, 0.1) is 16.9 Å². The molecular weight excluding hydrogens is 343 g/mol. The van der Waals surface area contributed by atoms with Gasteiger partial charge in [0.25, 0.3) is 0 Å². The first kappa shape index (κ1) is 16.5. The van der Waals surface area contributed by atoms with Gasteiger partial charge in [-0.25, -0.2) is 9.38 Å². The van der Waals surface area contributed by atoms with Crippen LogP contribution >= 0.6 is 0 Å². The van der Waals surface area contributed by atoms with Gasteiger partial charge in [0, 0.05) is 30.4 Å². The number of H-pyrrole nitrogens is 1. The number of aryl methyl sites for hydroxylation is 1. The van der Waals surface area contributed by atoms with Crippen molar-refractivity contribution in [3.05, 3.63) is 42.0 Å². The largest absolute Gasteiger partial charge is 0.349 e. The highest BCUT2D eigenvalue weighted by Crippen LogP contribution is 2.45. The molecule has 2 aliphatic rings. The first-order chi connectivity index (χ1) is 13.1. The molecule has 5 rings (SSSR count). The number of aromatic amines is 1. The number of halogens is 1. The van der Waals surface area contributed by atoms with Crippen molar-refractivity contribution in [2.24, 2.45) is 12.0 Å². The van der Waals surface area contributed by atoms with Crippen LogP contribution in [0.3, 0.4) is 0 Å². The number of nitrogens with zero attached hydrogens (tertiary/aromatic N) is 4. The maximum absolute atomic E-state index is 13.8. The van der Waals surface area contributed by atoms with Crippen molar-refractivity contribution in [1.82, 2.24) is 20.1 Å². The number of nitrogens with one attached hydrogen (secondary N) is 2. The van der Waals surface area contributed by atoms with Crippen LogP contribution in [0.15, 0.2) is 35.5 Å². The van der Waals surface area contributed by atoms with Crippen molar-refractivity contribution in [2.75, 3.05) is 18.0 Å². The van der Waals surface area contributed by atoms with E-state index in [0.29, 0.717) is 0 Å². The van der Waals surface area contributed by atoms with E-state index in [1.54, 1.807) is 10.7 Å². The number of fused-ring (bicyclic) bond motifs is 2. The van der Waals surface area contributed by atoms with Crippen LogP contribution in [0.4, 0.5) is 15.9 Å². The topological polar surface area (TPSA) is 61.2 Å². The van der Waals surface area contributed by atoms with Gasteiger partial charge in [-0.15, -0.1) is 0 Å². The average molecular weight is 366 g/mol. The smallest absolute Gasteiger partial charge is 0.153 e. The Morgan fingerprint density at radius 2 is 2.04 bits per heavy atom. The lowest BCUT2D eigenvalue weighted by molar-refractivity contribution is 0.303. The van der Waals surface area contributed by atoms with E-state index < -0.39 is 0 Å². The lowest BCUT2D eigenvalue weighted by Crippen LogP contribution is -2.55. The van der Waals surface area contributed by atoms with Crippen LogP contribution < -0.4 is 10.2 Å². The lowest BCUT2D eigenvalue weighted by atomic mass is 9.85. The van der Waals surface area contributed by atoms with Gasteiger partial charge in [0.2, 0.25) is 0 Å². The molecule has 1 saturated heterocycles. The van der Waals surface area contributed by atoms with Crippen molar-refractivity contribution in [1.29, 1.82) is 0 Å². The molecule has 0 amide bonds. The van der Waals surface area contributed by atoms with E-state index in [2.05, 4.69) is 33.2 Å². The van der Waals surface area contributed by atoms with E-state index in [1.165, 1.54) is 6.07 Å². The number of piperidine rings is 1. The molecule has 0 spiro atoms. The van der Waals surface area contributed by atoms with Crippen LogP contribution in [-0.4, -0.2) is 39.6 Å². The summed E-state index contributed by atoms with van der Waals surface area (Å²) in [5.41, 5.74) is 2.81. The predicted molar refractivity (Wildman–Crippen MR) is 105 cm³/mol. The molecule has 2 aromatic heterocycles. The maximum atomic E-state index is 13.8. The molecule has 0 saturated carbocycles. The summed E-state index contributed by atoms with van der Waals surface area (Å²) in [5, 5.41) is 9.21. The number of hydrogen-bond acceptors (Lipinski definition) is 4. The molecule has 2 aliphatic heterocycles. The molecule has 2 N–H and O–H groups in total. The molecule has 7 heteroatoms. The van der Waals surface area contributed by atoms with Crippen LogP contribution in [0.25, 0.3) is 10.9 Å². The van der Waals surface area contributed by atoms with E-state index in [9.17, 15) is 4.39 Å². The maximum Gasteiger partial charge on any atom is 0.153 e. The number of aliphatic imine (C=N–C) groups is 1. The molecule has 3 aromatic rings. The van der Waals surface area contributed by atoms with Crippen molar-refractivity contribution >= 4 is 28.6 Å². The number of benzene rings is 1. The zero-order valence-corrected chi connectivity index (χ0v) is 15.5. The molecule has 0 aliphatic carbocycles. The number of aromatic nitrogens is 3. The highest BCUT2D eigenvalue weighted by molar-refractivity contribution is 5.91. The Bertz CT molecular complexity index is 1030. The summed E-state index contributed by atoms with van der Waals surface area (Å²) in [4.78, 5) is 10.4. The molecule has 140 valence electrons. The van der Waals surface area contributed by atoms with Crippen molar-refractivity contribution < 1.29 is 4.39 Å². The number of anilines is 1. The lowest BCUT2D eigenvalue weighted by Gasteiger charge is -2.49. The Morgan fingerprint density at radius 3 is 2.85 bits per heavy atom. The normalized spacial score (nSPS) is 21.6. The third kappa shape index (κ3) is 2.49. The van der Waals surface area contributed by atoms with Crippen LogP contribution in [0.5, 0.6) is 0 Å². The fourth-order valence-electron chi connectivity index (χ4n) is 4.51. The number of rotatable bonds is 2. The number of hydrogen-bond donors (Lipinski definition) is 2. The van der Waals surface area contributed by atoms with Crippen LogP contribution in [-0.2, 0) is 7.05 Å². The molecule has 1 unspecified atom stereocenters. The third-order valence-corrected chi connectivity index (χ3v) is 5.97. The van der Waals surface area contributed by atoms with Crippen LogP contribution in [0, 0.1) is 5.82 Å². The van der Waals surface area contributed by atoms with Crippen LogP contribution in [0.2, 0.25) is 0 Å². The van der Waals surface area contributed by atoms with Gasteiger partial charge in [-0.3, -0.25) is 4.68 Å². The zero-order chi connectivity index (χ0) is 18.6. The van der Waals surface area contributed by atoms with E-state index in [4.69, 9.17) is 5.10 Å². The Labute approximate surface area is 157 Å². The first-order valence-corrected chi connectivity index (χ1v) is 9.41. The van der Waals surface area contributed by atoms with E-state index >= 15 is 0 Å². The zero-order valence-electron chi connectivity index (χ0n) is 15.5. The summed E-state index contributed by atoms with van der Waals surface area (Å²) in [7, 11) is 1.86. The summed E-state index contributed by atoms with van der Waals surface area (Å²) < 4.78 is 15.5. The highest BCUT2D eigenvalue weighted by atomic mass is 19.1. The van der Waals surface area contributed by atoms with Crippen molar-refractivity contribution in [2.45, 2.75) is 31.3 Å². The second-order valence-electron chi connectivity index (χ2n) is 7.72. The fraction of sp³-hybridized carbons (Fsp3) is 0.400. The quantitative estimate of drug-likeness (QED) is 0.730. The molecule has 27 heavy (non-hydrogen) atoms. The summed E-state index contributed by atoms with van der Waals surface area (Å²) in [6.45, 7) is 4.30. The Balaban J connectivity index is 1.69. The SMILES string of the molecule is Cn1nc(C2C=Nc3[nH]ccc3N2C2(C)CCNCC2)c2ccc(F)cc21. The predicted octanol–water partition coefficient (Wildman–Crippen LogP) is 3.45. The summed E-state index contributed by atoms with van der Waals surface area (Å²) in [6.07, 6.45) is 5.99. The Hall–Kier alpha value is -2.67. The van der Waals surface area contributed by atoms with E-state index in [0.717, 1.165) is 54.0 Å². The van der Waals surface area contributed by atoms with E-state index in [1.807, 2.05) is 25.5 Å². The minimum Gasteiger partial charge on any atom is -0.349 e. The van der Waals surface area contributed by atoms with Gasteiger partial charge in [-0.1, -0.05) is 0 Å². The fourth-order valence-corrected chi connectivity index (χ4v) is 4.51. The van der Waals surface area contributed by atoms with Crippen LogP contribution in [0.1, 0.15) is 31.5 Å². The van der Waals surface area contributed by atoms with Gasteiger partial charge in [-0.05, 0) is 57.1 Å². The minimum absolute atomic E-state index is 0.0107. The molecule has 1 atom stereocenters. The highest BCUT2D eigenvalue weighted by Gasteiger charge is 2.42.